The third-order valence-electron chi connectivity index (χ3n) is 1.32. The molecule has 0 spiro atoms. The van der Waals surface area contributed by atoms with Crippen LogP contribution in [0.5, 0.6) is 11.5 Å². The van der Waals surface area contributed by atoms with Crippen LogP contribution < -0.4 is 5.73 Å². The van der Waals surface area contributed by atoms with Crippen molar-refractivity contribution in [2.75, 3.05) is 5.73 Å². The molecule has 0 aliphatic rings. The molecule has 0 radical (unpaired) electrons. The minimum Gasteiger partial charge on any atom is -0.506 e. The van der Waals surface area contributed by atoms with Gasteiger partial charge < -0.3 is 15.9 Å². The van der Waals surface area contributed by atoms with E-state index in [1.54, 1.807) is 0 Å². The van der Waals surface area contributed by atoms with Crippen molar-refractivity contribution in [2.45, 2.75) is 0 Å². The highest BCUT2D eigenvalue weighted by molar-refractivity contribution is 5.85. The number of hydrogen-bond acceptors (Lipinski definition) is 5. The Bertz CT molecular complexity index is 342. The smallest absolute Gasteiger partial charge is 0.313 e. The van der Waals surface area contributed by atoms with E-state index in [9.17, 15) is 10.1 Å². The first-order valence-corrected chi connectivity index (χ1v) is 2.98. The zero-order chi connectivity index (χ0) is 9.30. The second-order valence-corrected chi connectivity index (χ2v) is 2.16. The number of nitro benzene ring substituents is 1. The van der Waals surface area contributed by atoms with Gasteiger partial charge in [0.05, 0.1) is 10.6 Å². The molecule has 0 aliphatic heterocycles. The fourth-order valence-corrected chi connectivity index (χ4v) is 0.728. The quantitative estimate of drug-likeness (QED) is 0.209. The van der Waals surface area contributed by atoms with Gasteiger partial charge in [-0.2, -0.15) is 0 Å². The molecular weight excluding hydrogens is 200 g/mol. The Morgan fingerprint density at radius 2 is 1.85 bits per heavy atom. The zero-order valence-electron chi connectivity index (χ0n) is 6.30. The van der Waals surface area contributed by atoms with Gasteiger partial charge in [0.1, 0.15) is 5.75 Å². The van der Waals surface area contributed by atoms with Crippen molar-refractivity contribution in [3.63, 3.8) is 0 Å². The summed E-state index contributed by atoms with van der Waals surface area (Å²) in [5, 5.41) is 28.0. The van der Waals surface area contributed by atoms with Crippen molar-refractivity contribution in [1.29, 1.82) is 0 Å². The van der Waals surface area contributed by atoms with Gasteiger partial charge in [-0.25, -0.2) is 0 Å². The van der Waals surface area contributed by atoms with Crippen LogP contribution in [0.25, 0.3) is 0 Å². The first-order chi connectivity index (χ1) is 5.52. The Kier molecular flexibility index (Phi) is 3.32. The summed E-state index contributed by atoms with van der Waals surface area (Å²) < 4.78 is 0. The van der Waals surface area contributed by atoms with Crippen LogP contribution in [-0.2, 0) is 0 Å². The molecule has 0 bridgehead atoms. The topological polar surface area (TPSA) is 110 Å². The zero-order valence-corrected chi connectivity index (χ0v) is 7.11. The van der Waals surface area contributed by atoms with E-state index in [4.69, 9.17) is 15.9 Å². The Hall–Kier alpha value is -1.69. The lowest BCUT2D eigenvalue weighted by atomic mass is 10.2. The van der Waals surface area contributed by atoms with Crippen molar-refractivity contribution in [3.8, 4) is 11.5 Å². The van der Waals surface area contributed by atoms with Crippen LogP contribution in [0.1, 0.15) is 0 Å². The monoisotopic (exact) mass is 206 g/mol. The molecule has 6 nitrogen and oxygen atoms in total. The third kappa shape index (κ3) is 2.12. The summed E-state index contributed by atoms with van der Waals surface area (Å²) in [6.07, 6.45) is 0. The number of anilines is 1. The van der Waals surface area contributed by atoms with Crippen molar-refractivity contribution in [2.24, 2.45) is 0 Å². The van der Waals surface area contributed by atoms with Crippen LogP contribution in [0, 0.1) is 10.1 Å². The molecule has 1 aromatic carbocycles. The predicted octanol–water partition coefficient (Wildman–Crippen LogP) is 1.01. The number of halogens is 1. The second kappa shape index (κ2) is 3.81. The maximum absolute atomic E-state index is 10.2. The van der Waals surface area contributed by atoms with Gasteiger partial charge in [0, 0.05) is 12.1 Å². The van der Waals surface area contributed by atoms with Gasteiger partial charge in [-0.3, -0.25) is 10.1 Å². The van der Waals surface area contributed by atoms with Gasteiger partial charge in [0.25, 0.3) is 0 Å². The SMILES string of the molecule is Cl.Nc1cc([N+](=O)[O-])c(O)cc1O. The summed E-state index contributed by atoms with van der Waals surface area (Å²) in [5.74, 6) is -0.982. The molecule has 1 aromatic rings. The number of nitro groups is 1. The number of hydrogen-bond donors (Lipinski definition) is 3. The fraction of sp³-hybridized carbons (Fsp3) is 0. The van der Waals surface area contributed by atoms with Crippen molar-refractivity contribution in [3.05, 3.63) is 22.2 Å². The van der Waals surface area contributed by atoms with E-state index >= 15 is 0 Å². The Morgan fingerprint density at radius 1 is 1.31 bits per heavy atom. The highest BCUT2D eigenvalue weighted by Gasteiger charge is 2.15. The van der Waals surface area contributed by atoms with Gasteiger partial charge in [-0.15, -0.1) is 12.4 Å². The van der Waals surface area contributed by atoms with Gasteiger partial charge in [0.2, 0.25) is 0 Å². The first-order valence-electron chi connectivity index (χ1n) is 2.98. The maximum Gasteiger partial charge on any atom is 0.313 e. The summed E-state index contributed by atoms with van der Waals surface area (Å²) in [6.45, 7) is 0. The van der Waals surface area contributed by atoms with Crippen LogP contribution >= 0.6 is 12.4 Å². The predicted molar refractivity (Wildman–Crippen MR) is 48.1 cm³/mol. The minimum absolute atomic E-state index is 0. The van der Waals surface area contributed by atoms with E-state index in [0.717, 1.165) is 12.1 Å². The highest BCUT2D eigenvalue weighted by atomic mass is 35.5. The lowest BCUT2D eigenvalue weighted by Gasteiger charge is -1.99. The molecule has 0 unspecified atom stereocenters. The minimum atomic E-state index is -0.787. The molecule has 0 atom stereocenters. The summed E-state index contributed by atoms with van der Waals surface area (Å²) in [4.78, 5) is 9.41. The fourth-order valence-electron chi connectivity index (χ4n) is 0.728. The number of phenolic OH excluding ortho intramolecular Hbond substituents is 2. The van der Waals surface area contributed by atoms with Gasteiger partial charge in [-0.1, -0.05) is 0 Å². The Balaban J connectivity index is 0.00000144. The highest BCUT2D eigenvalue weighted by Crippen LogP contribution is 2.33. The maximum atomic E-state index is 10.2. The van der Waals surface area contributed by atoms with Crippen LogP contribution in [-0.4, -0.2) is 15.1 Å². The van der Waals surface area contributed by atoms with Gasteiger partial charge in [0.15, 0.2) is 5.75 Å². The molecule has 1 rings (SSSR count). The number of nitrogens with zero attached hydrogens (tertiary/aromatic N) is 1. The van der Waals surface area contributed by atoms with Crippen LogP contribution in [0.3, 0.4) is 0 Å². The third-order valence-corrected chi connectivity index (χ3v) is 1.32. The van der Waals surface area contributed by atoms with Crippen molar-refractivity contribution >= 4 is 23.8 Å². The number of nitrogens with two attached hydrogens (primary N) is 1. The van der Waals surface area contributed by atoms with E-state index < -0.39 is 16.4 Å². The molecule has 4 N–H and O–H groups in total. The number of nitrogen functional groups attached to an aromatic ring is 1. The molecule has 0 saturated carbocycles. The lowest BCUT2D eigenvalue weighted by Crippen LogP contribution is -1.92. The van der Waals surface area contributed by atoms with Crippen molar-refractivity contribution in [1.82, 2.24) is 0 Å². The molecule has 0 heterocycles. The first kappa shape index (κ1) is 11.3. The molecule has 13 heavy (non-hydrogen) atoms. The summed E-state index contributed by atoms with van der Waals surface area (Å²) >= 11 is 0. The molecule has 0 aromatic heterocycles. The van der Waals surface area contributed by atoms with Crippen LogP contribution in [0.4, 0.5) is 11.4 Å². The summed E-state index contributed by atoms with van der Waals surface area (Å²) in [7, 11) is 0. The number of phenols is 2. The Morgan fingerprint density at radius 3 is 2.31 bits per heavy atom. The normalized spacial score (nSPS) is 8.92. The molecule has 0 saturated heterocycles. The number of benzene rings is 1. The molecular formula is C6H7ClN2O4. The Labute approximate surface area is 79.2 Å². The van der Waals surface area contributed by atoms with E-state index in [1.165, 1.54) is 0 Å². The number of aromatic hydroxyl groups is 2. The number of rotatable bonds is 1. The molecule has 7 heteroatoms. The largest absolute Gasteiger partial charge is 0.506 e. The molecule has 0 aliphatic carbocycles. The summed E-state index contributed by atoms with van der Waals surface area (Å²) in [5.41, 5.74) is 4.50. The average molecular weight is 207 g/mol. The van der Waals surface area contributed by atoms with E-state index in [1.807, 2.05) is 0 Å². The van der Waals surface area contributed by atoms with E-state index in [-0.39, 0.29) is 23.8 Å². The molecule has 72 valence electrons. The van der Waals surface area contributed by atoms with E-state index in [2.05, 4.69) is 0 Å². The van der Waals surface area contributed by atoms with E-state index in [0.29, 0.717) is 0 Å². The molecule has 0 amide bonds. The van der Waals surface area contributed by atoms with Gasteiger partial charge >= 0.3 is 5.69 Å². The van der Waals surface area contributed by atoms with Crippen LogP contribution in [0.2, 0.25) is 0 Å². The van der Waals surface area contributed by atoms with Gasteiger partial charge in [-0.05, 0) is 0 Å². The summed E-state index contributed by atoms with van der Waals surface area (Å²) in [6, 6.07) is 1.72. The lowest BCUT2D eigenvalue weighted by molar-refractivity contribution is -0.385. The van der Waals surface area contributed by atoms with Crippen LogP contribution in [0.15, 0.2) is 12.1 Å². The van der Waals surface area contributed by atoms with Crippen molar-refractivity contribution < 1.29 is 15.1 Å². The second-order valence-electron chi connectivity index (χ2n) is 2.16. The standard InChI is InChI=1S/C6H6N2O4.ClH/c7-3-1-4(8(11)12)6(10)2-5(3)9;/h1-2,9-10H,7H2;1H. The molecule has 0 fully saturated rings. The average Bonchev–Trinajstić information content (AvgIpc) is 1.96.